The Kier molecular flexibility index (Phi) is 3.36. The number of hydrogen-bond acceptors (Lipinski definition) is 4. The zero-order valence-electron chi connectivity index (χ0n) is 12.9. The number of carbonyl (C=O) groups is 1. The Morgan fingerprint density at radius 3 is 2.77 bits per heavy atom. The number of fused-ring (bicyclic) bond motifs is 1. The van der Waals surface area contributed by atoms with Crippen LogP contribution in [-0.2, 0) is 7.05 Å². The number of ether oxygens (including phenoxy) is 1. The number of nitrogens with one attached hydrogen (secondary N) is 1. The van der Waals surface area contributed by atoms with Crippen molar-refractivity contribution in [2.75, 3.05) is 12.4 Å². The second kappa shape index (κ2) is 5.22. The number of nitrogens with zero attached hydrogens (tertiary/aromatic N) is 2. The summed E-state index contributed by atoms with van der Waals surface area (Å²) in [5.41, 5.74) is 2.98. The van der Waals surface area contributed by atoms with E-state index in [1.807, 2.05) is 33.0 Å². The number of aryl methyl sites for hydroxylation is 2. The molecule has 0 fully saturated rings. The maximum absolute atomic E-state index is 12.4. The van der Waals surface area contributed by atoms with Crippen LogP contribution in [0.25, 0.3) is 11.0 Å². The van der Waals surface area contributed by atoms with Crippen molar-refractivity contribution < 1.29 is 13.9 Å². The van der Waals surface area contributed by atoms with E-state index in [9.17, 15) is 4.79 Å². The topological polar surface area (TPSA) is 69.3 Å². The molecule has 0 unspecified atom stereocenters. The summed E-state index contributed by atoms with van der Waals surface area (Å²) in [5.74, 6) is 0.701. The van der Waals surface area contributed by atoms with Crippen LogP contribution in [-0.4, -0.2) is 22.8 Å². The highest BCUT2D eigenvalue weighted by atomic mass is 16.5. The molecule has 0 aliphatic heterocycles. The number of furan rings is 1. The third kappa shape index (κ3) is 2.22. The highest BCUT2D eigenvalue weighted by molar-refractivity contribution is 6.06. The van der Waals surface area contributed by atoms with Crippen molar-refractivity contribution in [3.63, 3.8) is 0 Å². The van der Waals surface area contributed by atoms with Crippen LogP contribution in [0.4, 0.5) is 5.69 Å². The van der Waals surface area contributed by atoms with Crippen LogP contribution >= 0.6 is 0 Å². The second-order valence-electron chi connectivity index (χ2n) is 5.14. The summed E-state index contributed by atoms with van der Waals surface area (Å²) < 4.78 is 12.6. The average molecular weight is 299 g/mol. The van der Waals surface area contributed by atoms with Gasteiger partial charge in [0.15, 0.2) is 5.76 Å². The molecule has 0 spiro atoms. The molecule has 0 saturated heterocycles. The highest BCUT2D eigenvalue weighted by Gasteiger charge is 2.19. The number of anilines is 1. The molecule has 3 aromatic rings. The lowest BCUT2D eigenvalue weighted by atomic mass is 10.1. The Morgan fingerprint density at radius 2 is 2.14 bits per heavy atom. The van der Waals surface area contributed by atoms with Crippen LogP contribution in [0.3, 0.4) is 0 Å². The van der Waals surface area contributed by atoms with Gasteiger partial charge in [0.2, 0.25) is 0 Å². The first-order valence-corrected chi connectivity index (χ1v) is 6.88. The van der Waals surface area contributed by atoms with Gasteiger partial charge in [-0.15, -0.1) is 0 Å². The molecule has 6 nitrogen and oxygen atoms in total. The fourth-order valence-electron chi connectivity index (χ4n) is 2.35. The third-order valence-electron chi connectivity index (χ3n) is 3.84. The molecule has 0 atom stereocenters. The van der Waals surface area contributed by atoms with Crippen LogP contribution in [0.15, 0.2) is 28.8 Å². The zero-order valence-corrected chi connectivity index (χ0v) is 12.9. The van der Waals surface area contributed by atoms with Crippen LogP contribution in [0.5, 0.6) is 5.75 Å². The first-order chi connectivity index (χ1) is 10.5. The summed E-state index contributed by atoms with van der Waals surface area (Å²) in [6.45, 7) is 3.75. The predicted octanol–water partition coefficient (Wildman–Crippen LogP) is 3.04. The molecule has 1 aromatic carbocycles. The largest absolute Gasteiger partial charge is 0.497 e. The van der Waals surface area contributed by atoms with Crippen molar-refractivity contribution in [1.29, 1.82) is 0 Å². The molecule has 6 heteroatoms. The molecule has 0 aliphatic rings. The molecule has 22 heavy (non-hydrogen) atoms. The van der Waals surface area contributed by atoms with Gasteiger partial charge in [0.1, 0.15) is 11.3 Å². The number of carbonyl (C=O) groups excluding carboxylic acids is 1. The normalized spacial score (nSPS) is 10.9. The van der Waals surface area contributed by atoms with E-state index in [1.54, 1.807) is 24.1 Å². The Morgan fingerprint density at radius 1 is 1.36 bits per heavy atom. The van der Waals surface area contributed by atoms with E-state index in [-0.39, 0.29) is 5.91 Å². The number of rotatable bonds is 3. The lowest BCUT2D eigenvalue weighted by Gasteiger charge is -2.02. The predicted molar refractivity (Wildman–Crippen MR) is 83.4 cm³/mol. The van der Waals surface area contributed by atoms with Crippen molar-refractivity contribution >= 4 is 22.6 Å². The van der Waals surface area contributed by atoms with Crippen LogP contribution in [0, 0.1) is 13.8 Å². The summed E-state index contributed by atoms with van der Waals surface area (Å²) in [6, 6.07) is 5.51. The smallest absolute Gasteiger partial charge is 0.291 e. The maximum Gasteiger partial charge on any atom is 0.291 e. The number of amides is 1. The molecule has 1 N–H and O–H groups in total. The number of methoxy groups -OCH3 is 1. The van der Waals surface area contributed by atoms with E-state index in [2.05, 4.69) is 10.4 Å². The molecule has 0 bridgehead atoms. The van der Waals surface area contributed by atoms with E-state index in [4.69, 9.17) is 9.15 Å². The monoisotopic (exact) mass is 299 g/mol. The van der Waals surface area contributed by atoms with Gasteiger partial charge in [-0.1, -0.05) is 0 Å². The minimum absolute atomic E-state index is 0.288. The molecule has 1 amide bonds. The van der Waals surface area contributed by atoms with Gasteiger partial charge in [-0.3, -0.25) is 9.48 Å². The summed E-state index contributed by atoms with van der Waals surface area (Å²) in [4.78, 5) is 12.4. The van der Waals surface area contributed by atoms with Gasteiger partial charge < -0.3 is 14.5 Å². The number of aromatic nitrogens is 2. The molecule has 2 heterocycles. The van der Waals surface area contributed by atoms with Gasteiger partial charge in [0.25, 0.3) is 5.91 Å². The summed E-state index contributed by atoms with van der Waals surface area (Å²) in [5, 5.41) is 7.83. The van der Waals surface area contributed by atoms with Gasteiger partial charge in [0, 0.05) is 24.1 Å². The highest BCUT2D eigenvalue weighted by Crippen LogP contribution is 2.29. The molecule has 0 radical (unpaired) electrons. The molecular formula is C16H17N3O3. The second-order valence-corrected chi connectivity index (χ2v) is 5.14. The summed E-state index contributed by atoms with van der Waals surface area (Å²) >= 11 is 0. The Balaban J connectivity index is 1.97. The first-order valence-electron chi connectivity index (χ1n) is 6.88. The van der Waals surface area contributed by atoms with E-state index in [0.717, 1.165) is 16.6 Å². The van der Waals surface area contributed by atoms with Gasteiger partial charge in [-0.25, -0.2) is 0 Å². The lowest BCUT2D eigenvalue weighted by Crippen LogP contribution is -2.12. The van der Waals surface area contributed by atoms with E-state index in [1.165, 1.54) is 0 Å². The SMILES string of the molecule is COc1ccc2c(C)c(C(=O)Nc3cnn(C)c3C)oc2c1. The molecule has 0 aliphatic carbocycles. The van der Waals surface area contributed by atoms with Crippen molar-refractivity contribution in [3.8, 4) is 5.75 Å². The Labute approximate surface area is 127 Å². The van der Waals surface area contributed by atoms with Crippen LogP contribution in [0.2, 0.25) is 0 Å². The molecular weight excluding hydrogens is 282 g/mol. The quantitative estimate of drug-likeness (QED) is 0.807. The number of hydrogen-bond donors (Lipinski definition) is 1. The standard InChI is InChI=1S/C16H17N3O3/c1-9-12-6-5-11(21-4)7-14(12)22-15(9)16(20)18-13-8-17-19(3)10(13)2/h5-8H,1-4H3,(H,18,20). The van der Waals surface area contributed by atoms with Crippen molar-refractivity contribution in [2.45, 2.75) is 13.8 Å². The van der Waals surface area contributed by atoms with Crippen LogP contribution in [0.1, 0.15) is 21.8 Å². The van der Waals surface area contributed by atoms with Gasteiger partial charge in [0.05, 0.1) is 24.7 Å². The zero-order chi connectivity index (χ0) is 15.9. The van der Waals surface area contributed by atoms with E-state index in [0.29, 0.717) is 22.8 Å². The maximum atomic E-state index is 12.4. The first kappa shape index (κ1) is 14.2. The minimum atomic E-state index is -0.288. The van der Waals surface area contributed by atoms with Crippen molar-refractivity contribution in [1.82, 2.24) is 9.78 Å². The molecule has 114 valence electrons. The van der Waals surface area contributed by atoms with Crippen molar-refractivity contribution in [2.24, 2.45) is 7.05 Å². The molecule has 3 rings (SSSR count). The lowest BCUT2D eigenvalue weighted by molar-refractivity contribution is 0.0998. The van der Waals surface area contributed by atoms with Gasteiger partial charge in [-0.2, -0.15) is 5.10 Å². The summed E-state index contributed by atoms with van der Waals surface area (Å²) in [7, 11) is 3.42. The fraction of sp³-hybridized carbons (Fsp3) is 0.250. The number of benzene rings is 1. The fourth-order valence-corrected chi connectivity index (χ4v) is 2.35. The Hall–Kier alpha value is -2.76. The average Bonchev–Trinajstić information content (AvgIpc) is 3.01. The van der Waals surface area contributed by atoms with Crippen molar-refractivity contribution in [3.05, 3.63) is 41.4 Å². The van der Waals surface area contributed by atoms with E-state index < -0.39 is 0 Å². The van der Waals surface area contributed by atoms with Gasteiger partial charge in [-0.05, 0) is 26.0 Å². The van der Waals surface area contributed by atoms with Crippen LogP contribution < -0.4 is 10.1 Å². The third-order valence-corrected chi connectivity index (χ3v) is 3.84. The van der Waals surface area contributed by atoms with Gasteiger partial charge >= 0.3 is 0 Å². The van der Waals surface area contributed by atoms with E-state index >= 15 is 0 Å². The Bertz CT molecular complexity index is 861. The molecule has 0 saturated carbocycles. The summed E-state index contributed by atoms with van der Waals surface area (Å²) in [6.07, 6.45) is 1.62. The molecule has 2 aromatic heterocycles. The minimum Gasteiger partial charge on any atom is -0.497 e.